The van der Waals surface area contributed by atoms with Crippen LogP contribution in [0.1, 0.15) is 62.4 Å². The number of imidazole rings is 2. The lowest BCUT2D eigenvalue weighted by Gasteiger charge is -2.32. The second-order valence-corrected chi connectivity index (χ2v) is 13.0. The Morgan fingerprint density at radius 2 is 1.62 bits per heavy atom. The van der Waals surface area contributed by atoms with Gasteiger partial charge < -0.3 is 26.4 Å². The summed E-state index contributed by atoms with van der Waals surface area (Å²) in [7, 11) is 0. The summed E-state index contributed by atoms with van der Waals surface area (Å²) in [5.41, 5.74) is 14.0. The van der Waals surface area contributed by atoms with Gasteiger partial charge in [0.15, 0.2) is 0 Å². The van der Waals surface area contributed by atoms with Crippen LogP contribution in [0.2, 0.25) is 0 Å². The number of anilines is 1. The van der Waals surface area contributed by atoms with Gasteiger partial charge in [-0.05, 0) is 91.6 Å². The molecule has 48 heavy (non-hydrogen) atoms. The van der Waals surface area contributed by atoms with Gasteiger partial charge in [0, 0.05) is 11.8 Å². The van der Waals surface area contributed by atoms with Gasteiger partial charge in [-0.1, -0.05) is 38.1 Å². The van der Waals surface area contributed by atoms with Gasteiger partial charge in [-0.25, -0.2) is 14.7 Å². The number of alkyl halides is 3. The first-order valence-electron chi connectivity index (χ1n) is 16.1. The van der Waals surface area contributed by atoms with Crippen molar-refractivity contribution in [3.05, 3.63) is 82.0 Å². The van der Waals surface area contributed by atoms with Crippen molar-refractivity contribution in [1.29, 1.82) is 0 Å². The molecule has 1 aliphatic carbocycles. The number of aromatic nitrogens is 4. The largest absolute Gasteiger partial charge is 0.417 e. The summed E-state index contributed by atoms with van der Waals surface area (Å²) in [6.45, 7) is 4.35. The Labute approximate surface area is 274 Å². The maximum absolute atomic E-state index is 14.2. The highest BCUT2D eigenvalue weighted by Gasteiger charge is 2.36. The number of nitrogens with one attached hydrogen (secondary N) is 3. The van der Waals surface area contributed by atoms with Crippen LogP contribution in [0.5, 0.6) is 0 Å². The highest BCUT2D eigenvalue weighted by atomic mass is 19.4. The Hall–Kier alpha value is -4.75. The minimum absolute atomic E-state index is 0.0111. The normalized spacial score (nSPS) is 17.7. The fraction of sp³-hybridized carbons (Fsp3) is 0.371. The van der Waals surface area contributed by atoms with Crippen LogP contribution in [0, 0.1) is 11.8 Å². The van der Waals surface area contributed by atoms with Gasteiger partial charge in [0.05, 0.1) is 39.4 Å². The number of nitrogens with zero attached hydrogens (tertiary/aromatic N) is 2. The van der Waals surface area contributed by atoms with Gasteiger partial charge in [-0.3, -0.25) is 9.59 Å². The van der Waals surface area contributed by atoms with Gasteiger partial charge in [-0.2, -0.15) is 13.2 Å². The molecule has 0 unspecified atom stereocenters. The van der Waals surface area contributed by atoms with E-state index >= 15 is 0 Å². The quantitative estimate of drug-likeness (QED) is 0.142. The fourth-order valence-corrected chi connectivity index (χ4v) is 6.50. The molecule has 13 heteroatoms. The van der Waals surface area contributed by atoms with E-state index in [2.05, 4.69) is 19.9 Å². The second kappa shape index (κ2) is 13.0. The van der Waals surface area contributed by atoms with Crippen molar-refractivity contribution in [2.75, 3.05) is 11.4 Å². The molecule has 7 N–H and O–H groups in total. The fourth-order valence-electron chi connectivity index (χ4n) is 6.50. The predicted octanol–water partition coefficient (Wildman–Crippen LogP) is 5.74. The van der Waals surface area contributed by atoms with Gasteiger partial charge in [0.2, 0.25) is 5.91 Å². The van der Waals surface area contributed by atoms with E-state index in [1.54, 1.807) is 42.5 Å². The van der Waals surface area contributed by atoms with E-state index in [-0.39, 0.29) is 29.5 Å². The first-order valence-corrected chi connectivity index (χ1v) is 16.1. The smallest absolute Gasteiger partial charge is 0.342 e. The second-order valence-electron chi connectivity index (χ2n) is 13.0. The van der Waals surface area contributed by atoms with Crippen LogP contribution in [-0.2, 0) is 22.2 Å². The van der Waals surface area contributed by atoms with Crippen molar-refractivity contribution in [2.24, 2.45) is 23.3 Å². The van der Waals surface area contributed by atoms with Crippen LogP contribution in [0.15, 0.2) is 59.4 Å². The van der Waals surface area contributed by atoms with Crippen LogP contribution in [0.4, 0.5) is 18.9 Å². The SMILES string of the molecule is CC(C)c1nc2cc(-c3ccc(C[C@H](N)C(=O)N(C(=O)C4CCC(CN)CC4)c4ccc5[nH]c(=O)[nH]c5c4)cc3)c(C(F)(F)F)cc2[nH]1. The summed E-state index contributed by atoms with van der Waals surface area (Å²) in [5.74, 6) is -0.439. The third-order valence-corrected chi connectivity index (χ3v) is 9.26. The molecule has 2 amide bonds. The average molecular weight is 662 g/mol. The molecule has 2 aromatic heterocycles. The summed E-state index contributed by atoms with van der Waals surface area (Å²) >= 11 is 0. The summed E-state index contributed by atoms with van der Waals surface area (Å²) in [4.78, 5) is 53.6. The first-order chi connectivity index (χ1) is 22.8. The standard InChI is InChI=1S/C35H38F3N7O3/c1-18(2)31-41-29-15-24(25(35(36,37)38)16-30(29)42-31)21-7-3-19(4-8-21)13-26(40)33(47)45(32(46)22-9-5-20(17-39)6-10-22)23-11-12-27-28(14-23)44-34(48)43-27/h3-4,7-8,11-12,14-16,18,20,22,26H,5-6,9-10,13,17,39-40H2,1-2H3,(H,41,42)(H2,43,44,48)/t20?,22?,26-/m0/s1. The first kappa shape index (κ1) is 33.2. The number of hydrogen-bond acceptors (Lipinski definition) is 6. The molecule has 1 fully saturated rings. The van der Waals surface area contributed by atoms with Crippen LogP contribution >= 0.6 is 0 Å². The van der Waals surface area contributed by atoms with Crippen molar-refractivity contribution in [3.63, 3.8) is 0 Å². The molecule has 6 rings (SSSR count). The molecule has 3 aromatic carbocycles. The Bertz CT molecular complexity index is 2020. The number of aromatic amines is 3. The molecule has 252 valence electrons. The van der Waals surface area contributed by atoms with Crippen LogP contribution in [0.25, 0.3) is 33.2 Å². The van der Waals surface area contributed by atoms with Gasteiger partial charge in [0.25, 0.3) is 5.91 Å². The molecular weight excluding hydrogens is 623 g/mol. The molecule has 0 spiro atoms. The summed E-state index contributed by atoms with van der Waals surface area (Å²) in [6.07, 6.45) is -1.83. The number of hydrogen-bond donors (Lipinski definition) is 5. The molecule has 0 aliphatic heterocycles. The predicted molar refractivity (Wildman–Crippen MR) is 178 cm³/mol. The van der Waals surface area contributed by atoms with Crippen LogP contribution < -0.4 is 22.1 Å². The number of benzene rings is 3. The Morgan fingerprint density at radius 3 is 2.27 bits per heavy atom. The number of H-pyrrole nitrogens is 3. The van der Waals surface area contributed by atoms with Crippen molar-refractivity contribution in [3.8, 4) is 11.1 Å². The molecule has 1 saturated carbocycles. The summed E-state index contributed by atoms with van der Waals surface area (Å²) < 4.78 is 42.5. The van der Waals surface area contributed by atoms with E-state index < -0.39 is 35.3 Å². The molecular formula is C35H38F3N7O3. The van der Waals surface area contributed by atoms with Crippen molar-refractivity contribution < 1.29 is 22.8 Å². The molecule has 2 heterocycles. The van der Waals surface area contributed by atoms with E-state index in [4.69, 9.17) is 11.5 Å². The maximum atomic E-state index is 14.2. The Kier molecular flexibility index (Phi) is 9.01. The number of fused-ring (bicyclic) bond motifs is 2. The van der Waals surface area contributed by atoms with Gasteiger partial charge in [0.1, 0.15) is 5.82 Å². The molecule has 0 saturated heterocycles. The number of imide groups is 1. The lowest BCUT2D eigenvalue weighted by Crippen LogP contribution is -2.50. The molecule has 1 atom stereocenters. The van der Waals surface area contributed by atoms with Crippen molar-refractivity contribution >= 4 is 39.6 Å². The number of rotatable bonds is 8. The zero-order valence-electron chi connectivity index (χ0n) is 26.7. The van der Waals surface area contributed by atoms with E-state index in [1.165, 1.54) is 6.07 Å². The highest BCUT2D eigenvalue weighted by Crippen LogP contribution is 2.40. The van der Waals surface area contributed by atoms with E-state index in [1.807, 2.05) is 13.8 Å². The van der Waals surface area contributed by atoms with E-state index in [9.17, 15) is 27.6 Å². The highest BCUT2D eigenvalue weighted by molar-refractivity contribution is 6.17. The van der Waals surface area contributed by atoms with Gasteiger partial charge in [-0.15, -0.1) is 0 Å². The third kappa shape index (κ3) is 6.65. The molecule has 10 nitrogen and oxygen atoms in total. The average Bonchev–Trinajstić information content (AvgIpc) is 3.66. The minimum atomic E-state index is -4.60. The molecule has 5 aromatic rings. The maximum Gasteiger partial charge on any atom is 0.417 e. The number of amides is 2. The van der Waals surface area contributed by atoms with Crippen LogP contribution in [0.3, 0.4) is 0 Å². The summed E-state index contributed by atoms with van der Waals surface area (Å²) in [6, 6.07) is 12.5. The number of carbonyl (C=O) groups excluding carboxylic acids is 2. The monoisotopic (exact) mass is 661 g/mol. The zero-order chi connectivity index (χ0) is 34.3. The number of halogens is 3. The van der Waals surface area contributed by atoms with Crippen molar-refractivity contribution in [2.45, 2.75) is 64.1 Å². The Balaban J connectivity index is 1.27. The molecule has 0 radical (unpaired) electrons. The number of nitrogens with two attached hydrogens (primary N) is 2. The third-order valence-electron chi connectivity index (χ3n) is 9.26. The summed E-state index contributed by atoms with van der Waals surface area (Å²) in [5, 5.41) is 0. The number of carbonyl (C=O) groups is 2. The molecule has 1 aliphatic rings. The minimum Gasteiger partial charge on any atom is -0.342 e. The van der Waals surface area contributed by atoms with Crippen LogP contribution in [-0.4, -0.2) is 44.3 Å². The lowest BCUT2D eigenvalue weighted by molar-refractivity contribution is -0.137. The van der Waals surface area contributed by atoms with Gasteiger partial charge >= 0.3 is 11.9 Å². The van der Waals surface area contributed by atoms with E-state index in [0.29, 0.717) is 64.3 Å². The van der Waals surface area contributed by atoms with E-state index in [0.717, 1.165) is 23.8 Å². The zero-order valence-corrected chi connectivity index (χ0v) is 26.7. The Morgan fingerprint density at radius 1 is 0.938 bits per heavy atom. The lowest BCUT2D eigenvalue weighted by atomic mass is 9.81. The topological polar surface area (TPSA) is 167 Å². The van der Waals surface area contributed by atoms with Crippen molar-refractivity contribution in [1.82, 2.24) is 19.9 Å². The molecule has 0 bridgehead atoms.